The van der Waals surface area contributed by atoms with Crippen LogP contribution in [0.25, 0.3) is 0 Å². The van der Waals surface area contributed by atoms with Gasteiger partial charge < -0.3 is 16.1 Å². The molecule has 0 spiro atoms. The van der Waals surface area contributed by atoms with Gasteiger partial charge in [-0.25, -0.2) is 0 Å². The van der Waals surface area contributed by atoms with Crippen molar-refractivity contribution in [3.05, 3.63) is 5.56 Å². The third-order valence-electron chi connectivity index (χ3n) is 1.73. The van der Waals surface area contributed by atoms with Crippen molar-refractivity contribution in [1.29, 1.82) is 0 Å². The Morgan fingerprint density at radius 3 is 2.38 bits per heavy atom. The first-order valence-electron chi connectivity index (χ1n) is 3.90. The molecule has 0 bridgehead atoms. The van der Waals surface area contributed by atoms with Crippen LogP contribution < -0.4 is 16.1 Å². The Morgan fingerprint density at radius 1 is 1.31 bits per heavy atom. The molecule has 3 N–H and O–H groups in total. The second kappa shape index (κ2) is 3.79. The van der Waals surface area contributed by atoms with Gasteiger partial charge in [-0.1, -0.05) is 0 Å². The maximum absolute atomic E-state index is 10.7. The fraction of sp³-hybridized carbons (Fsp3) is 0.429. The summed E-state index contributed by atoms with van der Waals surface area (Å²) in [6.45, 7) is 0. The Labute approximate surface area is 76.3 Å². The molecule has 1 heterocycles. The number of nitrogens with zero attached hydrogens (tertiary/aromatic N) is 2. The lowest BCUT2D eigenvalue weighted by Crippen LogP contribution is -2.13. The van der Waals surface area contributed by atoms with Gasteiger partial charge in [0.1, 0.15) is 5.56 Å². The molecule has 72 valence electrons. The summed E-state index contributed by atoms with van der Waals surface area (Å²) in [6, 6.07) is 0. The van der Waals surface area contributed by atoms with Crippen LogP contribution in [-0.2, 0) is 0 Å². The Bertz CT molecular complexity index is 306. The van der Waals surface area contributed by atoms with Gasteiger partial charge in [-0.3, -0.25) is 4.79 Å². The van der Waals surface area contributed by atoms with E-state index in [2.05, 4.69) is 21.2 Å². The Balaban J connectivity index is 3.25. The van der Waals surface area contributed by atoms with Crippen molar-refractivity contribution < 1.29 is 4.79 Å². The minimum atomic E-state index is 0.513. The number of hydrogen-bond donors (Lipinski definition) is 3. The van der Waals surface area contributed by atoms with Gasteiger partial charge in [0.15, 0.2) is 17.9 Å². The van der Waals surface area contributed by atoms with Crippen molar-refractivity contribution in [2.75, 3.05) is 37.2 Å². The standard InChI is InChI=1S/C7H13N5O/c1-8-6-5(4-13)7(9-2)12(10-3)11-6/h4,9-10H,1-3H3,(H,8,11). The molecule has 1 aromatic rings. The summed E-state index contributed by atoms with van der Waals surface area (Å²) in [7, 11) is 5.17. The molecule has 1 aromatic heterocycles. The van der Waals surface area contributed by atoms with Crippen molar-refractivity contribution in [2.24, 2.45) is 0 Å². The second-order valence-electron chi connectivity index (χ2n) is 2.36. The smallest absolute Gasteiger partial charge is 0.162 e. The fourth-order valence-electron chi connectivity index (χ4n) is 1.13. The summed E-state index contributed by atoms with van der Waals surface area (Å²) in [5.74, 6) is 1.19. The van der Waals surface area contributed by atoms with Gasteiger partial charge in [-0.15, -0.1) is 5.10 Å². The number of hydrogen-bond acceptors (Lipinski definition) is 5. The van der Waals surface area contributed by atoms with Gasteiger partial charge >= 0.3 is 0 Å². The molecule has 0 saturated carbocycles. The Hall–Kier alpha value is -1.72. The van der Waals surface area contributed by atoms with Crippen LogP contribution in [0.15, 0.2) is 0 Å². The molecule has 0 aliphatic rings. The fourth-order valence-corrected chi connectivity index (χ4v) is 1.13. The summed E-state index contributed by atoms with van der Waals surface area (Å²) in [5, 5.41) is 9.81. The topological polar surface area (TPSA) is 71.0 Å². The molecule has 0 aromatic carbocycles. The monoisotopic (exact) mass is 183 g/mol. The number of anilines is 2. The molecule has 0 amide bonds. The van der Waals surface area contributed by atoms with Gasteiger partial charge in [-0.2, -0.15) is 4.79 Å². The molecule has 0 fully saturated rings. The zero-order valence-electron chi connectivity index (χ0n) is 7.88. The largest absolute Gasteiger partial charge is 0.371 e. The van der Waals surface area contributed by atoms with Crippen LogP contribution in [0.5, 0.6) is 0 Å². The Morgan fingerprint density at radius 2 is 2.00 bits per heavy atom. The molecule has 0 aliphatic carbocycles. The van der Waals surface area contributed by atoms with E-state index in [9.17, 15) is 4.79 Å². The van der Waals surface area contributed by atoms with Gasteiger partial charge in [0, 0.05) is 21.1 Å². The predicted octanol–water partition coefficient (Wildman–Crippen LogP) is -0.0477. The van der Waals surface area contributed by atoms with Crippen LogP contribution >= 0.6 is 0 Å². The zero-order valence-corrected chi connectivity index (χ0v) is 7.88. The van der Waals surface area contributed by atoms with Crippen LogP contribution in [0.4, 0.5) is 11.6 Å². The first kappa shape index (κ1) is 9.37. The van der Waals surface area contributed by atoms with Crippen LogP contribution in [0.2, 0.25) is 0 Å². The number of nitrogens with one attached hydrogen (secondary N) is 3. The van der Waals surface area contributed by atoms with Gasteiger partial charge in [0.25, 0.3) is 0 Å². The molecule has 0 radical (unpaired) electrons. The maximum Gasteiger partial charge on any atom is 0.162 e. The summed E-state index contributed by atoms with van der Waals surface area (Å²) in [4.78, 5) is 12.2. The number of rotatable bonds is 4. The molecule has 0 aliphatic heterocycles. The lowest BCUT2D eigenvalue weighted by Gasteiger charge is -2.03. The van der Waals surface area contributed by atoms with Crippen molar-refractivity contribution in [3.8, 4) is 0 Å². The second-order valence-corrected chi connectivity index (χ2v) is 2.36. The minimum Gasteiger partial charge on any atom is -0.371 e. The number of carbonyl (C=O) groups is 1. The van der Waals surface area contributed by atoms with E-state index in [1.807, 2.05) is 0 Å². The molecular weight excluding hydrogens is 170 g/mol. The van der Waals surface area contributed by atoms with Crippen LogP contribution in [0.1, 0.15) is 10.4 Å². The summed E-state index contributed by atoms with van der Waals surface area (Å²) < 4.78 is 0. The van der Waals surface area contributed by atoms with Crippen LogP contribution in [0, 0.1) is 0 Å². The van der Waals surface area contributed by atoms with Crippen molar-refractivity contribution in [3.63, 3.8) is 0 Å². The van der Waals surface area contributed by atoms with Gasteiger partial charge in [-0.05, 0) is 0 Å². The molecule has 1 rings (SSSR count). The molecule has 13 heavy (non-hydrogen) atoms. The van der Waals surface area contributed by atoms with Crippen LogP contribution in [0.3, 0.4) is 0 Å². The van der Waals surface area contributed by atoms with E-state index < -0.39 is 0 Å². The zero-order chi connectivity index (χ0) is 9.84. The highest BCUT2D eigenvalue weighted by Crippen LogP contribution is 2.19. The van der Waals surface area contributed by atoms with E-state index in [0.29, 0.717) is 17.2 Å². The van der Waals surface area contributed by atoms with Crippen molar-refractivity contribution >= 4 is 17.9 Å². The molecule has 6 heteroatoms. The minimum absolute atomic E-state index is 0.513. The first-order chi connectivity index (χ1) is 6.28. The van der Waals surface area contributed by atoms with E-state index in [4.69, 9.17) is 0 Å². The normalized spacial score (nSPS) is 9.46. The third-order valence-corrected chi connectivity index (χ3v) is 1.73. The highest BCUT2D eigenvalue weighted by atomic mass is 16.1. The van der Waals surface area contributed by atoms with E-state index in [1.165, 1.54) is 4.79 Å². The lowest BCUT2D eigenvalue weighted by atomic mass is 10.3. The molecular formula is C7H13N5O. The SMILES string of the molecule is CNc1nn(NC)c(NC)c1C=O. The van der Waals surface area contributed by atoms with Crippen molar-refractivity contribution in [2.45, 2.75) is 0 Å². The molecule has 0 unspecified atom stereocenters. The summed E-state index contributed by atoms with van der Waals surface area (Å²) in [6.07, 6.45) is 0.762. The average Bonchev–Trinajstić information content (AvgIpc) is 2.54. The average molecular weight is 183 g/mol. The van der Waals surface area contributed by atoms with Gasteiger partial charge in [0.2, 0.25) is 0 Å². The highest BCUT2D eigenvalue weighted by Gasteiger charge is 2.14. The summed E-state index contributed by atoms with van der Waals surface area (Å²) in [5.41, 5.74) is 3.33. The van der Waals surface area contributed by atoms with E-state index in [1.54, 1.807) is 21.1 Å². The van der Waals surface area contributed by atoms with E-state index >= 15 is 0 Å². The number of aromatic nitrogens is 2. The summed E-state index contributed by atoms with van der Waals surface area (Å²) >= 11 is 0. The number of carbonyl (C=O) groups excluding carboxylic acids is 1. The predicted molar refractivity (Wildman–Crippen MR) is 52.0 cm³/mol. The van der Waals surface area contributed by atoms with E-state index in [-0.39, 0.29) is 0 Å². The van der Waals surface area contributed by atoms with Crippen molar-refractivity contribution in [1.82, 2.24) is 9.89 Å². The molecule has 6 nitrogen and oxygen atoms in total. The Kier molecular flexibility index (Phi) is 2.73. The van der Waals surface area contributed by atoms with Crippen LogP contribution in [-0.4, -0.2) is 37.3 Å². The quantitative estimate of drug-likeness (QED) is 0.571. The highest BCUT2D eigenvalue weighted by molar-refractivity contribution is 5.89. The maximum atomic E-state index is 10.7. The number of aldehydes is 1. The van der Waals surface area contributed by atoms with E-state index in [0.717, 1.165) is 6.29 Å². The molecule has 0 saturated heterocycles. The first-order valence-corrected chi connectivity index (χ1v) is 3.90. The third kappa shape index (κ3) is 1.42. The van der Waals surface area contributed by atoms with Gasteiger partial charge in [0.05, 0.1) is 0 Å². The lowest BCUT2D eigenvalue weighted by molar-refractivity contribution is 0.112. The molecule has 0 atom stereocenters.